The molecule has 1 heterocycles. The van der Waals surface area contributed by atoms with Crippen molar-refractivity contribution in [2.24, 2.45) is 0 Å². The number of nitrogens with zero attached hydrogens (tertiary/aromatic N) is 2. The van der Waals surface area contributed by atoms with Crippen LogP contribution in [0.5, 0.6) is 0 Å². The summed E-state index contributed by atoms with van der Waals surface area (Å²) in [6.45, 7) is 5.20. The molecule has 8 heteroatoms. The zero-order valence-electron chi connectivity index (χ0n) is 13.8. The standard InChI is InChI=1S/C16H20BrN3O3S/c1-16(2,3)24(22,23)11-15(21)19-14-8-9-18-20(14)10-12-4-6-13(17)7-5-12/h4-9H,10-11H2,1-3H3,(H,19,21). The van der Waals surface area contributed by atoms with E-state index in [2.05, 4.69) is 26.3 Å². The van der Waals surface area contributed by atoms with Crippen LogP contribution in [-0.2, 0) is 21.2 Å². The summed E-state index contributed by atoms with van der Waals surface area (Å²) < 4.78 is 25.8. The molecule has 0 aliphatic rings. The second-order valence-electron chi connectivity index (χ2n) is 6.42. The first kappa shape index (κ1) is 18.7. The van der Waals surface area contributed by atoms with Gasteiger partial charge in [-0.15, -0.1) is 0 Å². The average Bonchev–Trinajstić information content (AvgIpc) is 2.86. The highest BCUT2D eigenvalue weighted by atomic mass is 79.9. The van der Waals surface area contributed by atoms with E-state index in [1.807, 2.05) is 24.3 Å². The molecule has 1 N–H and O–H groups in total. The van der Waals surface area contributed by atoms with Crippen LogP contribution in [0.15, 0.2) is 41.0 Å². The Labute approximate surface area is 150 Å². The molecule has 2 rings (SSSR count). The van der Waals surface area contributed by atoms with Gasteiger partial charge in [-0.2, -0.15) is 5.10 Å². The molecule has 0 aliphatic heterocycles. The lowest BCUT2D eigenvalue weighted by Gasteiger charge is -2.18. The summed E-state index contributed by atoms with van der Waals surface area (Å²) in [6.07, 6.45) is 1.56. The molecule has 0 spiro atoms. The van der Waals surface area contributed by atoms with E-state index in [4.69, 9.17) is 0 Å². The van der Waals surface area contributed by atoms with Gasteiger partial charge in [0.05, 0.1) is 17.5 Å². The van der Waals surface area contributed by atoms with Crippen LogP contribution in [-0.4, -0.2) is 34.6 Å². The molecule has 0 radical (unpaired) electrons. The molecule has 2 aromatic rings. The maximum absolute atomic E-state index is 12.1. The van der Waals surface area contributed by atoms with Crippen molar-refractivity contribution in [1.82, 2.24) is 9.78 Å². The van der Waals surface area contributed by atoms with Crippen molar-refractivity contribution in [2.45, 2.75) is 32.1 Å². The van der Waals surface area contributed by atoms with Crippen LogP contribution in [0.1, 0.15) is 26.3 Å². The van der Waals surface area contributed by atoms with E-state index < -0.39 is 26.2 Å². The number of anilines is 1. The number of benzene rings is 1. The first-order chi connectivity index (χ1) is 11.1. The van der Waals surface area contributed by atoms with E-state index in [1.165, 1.54) is 0 Å². The molecular weight excluding hydrogens is 394 g/mol. The van der Waals surface area contributed by atoms with Gasteiger partial charge >= 0.3 is 0 Å². The van der Waals surface area contributed by atoms with Crippen molar-refractivity contribution in [2.75, 3.05) is 11.1 Å². The molecule has 0 saturated heterocycles. The SMILES string of the molecule is CC(C)(C)S(=O)(=O)CC(=O)Nc1ccnn1Cc1ccc(Br)cc1. The van der Waals surface area contributed by atoms with Crippen molar-refractivity contribution in [3.63, 3.8) is 0 Å². The molecule has 6 nitrogen and oxygen atoms in total. The number of carbonyl (C=O) groups excluding carboxylic acids is 1. The van der Waals surface area contributed by atoms with Gasteiger partial charge in [-0.05, 0) is 38.5 Å². The van der Waals surface area contributed by atoms with E-state index in [0.29, 0.717) is 12.4 Å². The second-order valence-corrected chi connectivity index (χ2v) is 10.1. The van der Waals surface area contributed by atoms with Crippen LogP contribution >= 0.6 is 15.9 Å². The highest BCUT2D eigenvalue weighted by Crippen LogP contribution is 2.17. The third-order valence-electron chi connectivity index (χ3n) is 3.48. The number of amides is 1. The van der Waals surface area contributed by atoms with Gasteiger partial charge in [-0.3, -0.25) is 4.79 Å². The van der Waals surface area contributed by atoms with E-state index >= 15 is 0 Å². The van der Waals surface area contributed by atoms with Gasteiger partial charge in [0, 0.05) is 10.5 Å². The molecule has 1 aromatic carbocycles. The highest BCUT2D eigenvalue weighted by molar-refractivity contribution is 9.10. The minimum Gasteiger partial charge on any atom is -0.310 e. The van der Waals surface area contributed by atoms with Crippen LogP contribution in [0, 0.1) is 0 Å². The molecule has 1 amide bonds. The Hall–Kier alpha value is -1.67. The van der Waals surface area contributed by atoms with Gasteiger partial charge in [0.15, 0.2) is 9.84 Å². The minimum absolute atomic E-state index is 0.465. The topological polar surface area (TPSA) is 81.1 Å². The molecule has 0 aliphatic carbocycles. The summed E-state index contributed by atoms with van der Waals surface area (Å²) in [7, 11) is -3.52. The largest absolute Gasteiger partial charge is 0.310 e. The first-order valence-electron chi connectivity index (χ1n) is 7.37. The molecular formula is C16H20BrN3O3S. The second kappa shape index (κ2) is 7.06. The van der Waals surface area contributed by atoms with E-state index in [0.717, 1.165) is 10.0 Å². The molecule has 130 valence electrons. The predicted molar refractivity (Wildman–Crippen MR) is 97.6 cm³/mol. The zero-order valence-corrected chi connectivity index (χ0v) is 16.2. The van der Waals surface area contributed by atoms with E-state index in [1.54, 1.807) is 37.7 Å². The fraction of sp³-hybridized carbons (Fsp3) is 0.375. The molecule has 0 fully saturated rings. The van der Waals surface area contributed by atoms with Crippen molar-refractivity contribution in [1.29, 1.82) is 0 Å². The Morgan fingerprint density at radius 1 is 1.21 bits per heavy atom. The minimum atomic E-state index is -3.52. The molecule has 24 heavy (non-hydrogen) atoms. The summed E-state index contributed by atoms with van der Waals surface area (Å²) in [5.74, 6) is -0.658. The zero-order chi connectivity index (χ0) is 18.0. The maximum atomic E-state index is 12.1. The molecule has 0 atom stereocenters. The van der Waals surface area contributed by atoms with Gasteiger partial charge in [0.2, 0.25) is 5.91 Å². The van der Waals surface area contributed by atoms with Gasteiger partial charge in [0.1, 0.15) is 11.6 Å². The number of aromatic nitrogens is 2. The molecule has 0 bridgehead atoms. The quantitative estimate of drug-likeness (QED) is 0.816. The summed E-state index contributed by atoms with van der Waals surface area (Å²) in [4.78, 5) is 12.1. The van der Waals surface area contributed by atoms with Gasteiger partial charge in [-0.25, -0.2) is 13.1 Å². The van der Waals surface area contributed by atoms with Crippen LogP contribution in [0.2, 0.25) is 0 Å². The number of hydrogen-bond donors (Lipinski definition) is 1. The van der Waals surface area contributed by atoms with Gasteiger partial charge in [0.25, 0.3) is 0 Å². The molecule has 0 unspecified atom stereocenters. The number of hydrogen-bond acceptors (Lipinski definition) is 4. The Morgan fingerprint density at radius 3 is 2.42 bits per heavy atom. The monoisotopic (exact) mass is 413 g/mol. The Kier molecular flexibility index (Phi) is 5.49. The van der Waals surface area contributed by atoms with Gasteiger partial charge in [-0.1, -0.05) is 28.1 Å². The van der Waals surface area contributed by atoms with Crippen LogP contribution in [0.4, 0.5) is 5.82 Å². The van der Waals surface area contributed by atoms with Crippen molar-refractivity contribution in [3.05, 3.63) is 46.6 Å². The number of rotatable bonds is 5. The summed E-state index contributed by atoms with van der Waals surface area (Å²) in [5.41, 5.74) is 1.01. The van der Waals surface area contributed by atoms with Crippen molar-refractivity contribution in [3.8, 4) is 0 Å². The predicted octanol–water partition coefficient (Wildman–Crippen LogP) is 2.85. The van der Waals surface area contributed by atoms with Crippen molar-refractivity contribution < 1.29 is 13.2 Å². The lowest BCUT2D eigenvalue weighted by molar-refractivity contribution is -0.114. The average molecular weight is 414 g/mol. The Bertz CT molecular complexity index is 821. The highest BCUT2D eigenvalue weighted by Gasteiger charge is 2.31. The third-order valence-corrected chi connectivity index (χ3v) is 6.52. The number of sulfone groups is 1. The summed E-state index contributed by atoms with van der Waals surface area (Å²) in [6, 6.07) is 9.38. The van der Waals surface area contributed by atoms with E-state index in [-0.39, 0.29) is 0 Å². The number of carbonyl (C=O) groups is 1. The van der Waals surface area contributed by atoms with Gasteiger partial charge < -0.3 is 5.32 Å². The van der Waals surface area contributed by atoms with Crippen LogP contribution < -0.4 is 5.32 Å². The van der Waals surface area contributed by atoms with Crippen LogP contribution in [0.3, 0.4) is 0 Å². The fourth-order valence-electron chi connectivity index (χ4n) is 1.90. The number of nitrogens with one attached hydrogen (secondary N) is 1. The fourth-order valence-corrected chi connectivity index (χ4v) is 3.01. The maximum Gasteiger partial charge on any atom is 0.240 e. The lowest BCUT2D eigenvalue weighted by atomic mass is 10.2. The Balaban J connectivity index is 2.08. The molecule has 0 saturated carbocycles. The summed E-state index contributed by atoms with van der Waals surface area (Å²) >= 11 is 3.38. The normalized spacial score (nSPS) is 12.2. The molecule has 1 aromatic heterocycles. The van der Waals surface area contributed by atoms with Crippen molar-refractivity contribution >= 4 is 37.5 Å². The number of halogens is 1. The lowest BCUT2D eigenvalue weighted by Crippen LogP contribution is -2.35. The Morgan fingerprint density at radius 2 is 1.83 bits per heavy atom. The van der Waals surface area contributed by atoms with Crippen LogP contribution in [0.25, 0.3) is 0 Å². The third kappa shape index (κ3) is 4.67. The first-order valence-corrected chi connectivity index (χ1v) is 9.81. The van der Waals surface area contributed by atoms with E-state index in [9.17, 15) is 13.2 Å². The summed E-state index contributed by atoms with van der Waals surface area (Å²) in [5, 5.41) is 6.80. The smallest absolute Gasteiger partial charge is 0.240 e.